The van der Waals surface area contributed by atoms with E-state index in [1.54, 1.807) is 12.1 Å². The van der Waals surface area contributed by atoms with Crippen LogP contribution in [-0.4, -0.2) is 22.5 Å². The number of rotatable bonds is 5. The Morgan fingerprint density at radius 2 is 2.24 bits per heavy atom. The Morgan fingerprint density at radius 3 is 2.96 bits per heavy atom. The Kier molecular flexibility index (Phi) is 4.78. The van der Waals surface area contributed by atoms with Crippen molar-refractivity contribution in [2.24, 2.45) is 0 Å². The summed E-state index contributed by atoms with van der Waals surface area (Å²) in [4.78, 5) is 28.8. The van der Waals surface area contributed by atoms with Gasteiger partial charge in [0.15, 0.2) is 0 Å². The summed E-state index contributed by atoms with van der Waals surface area (Å²) in [5, 5.41) is 5.48. The van der Waals surface area contributed by atoms with Crippen molar-refractivity contribution in [3.05, 3.63) is 57.8 Å². The third-order valence-electron chi connectivity index (χ3n) is 4.26. The first-order valence-corrected chi connectivity index (χ1v) is 7.94. The Bertz CT molecular complexity index is 851. The zero-order chi connectivity index (χ0) is 18.0. The van der Waals surface area contributed by atoms with Crippen LogP contribution in [0.25, 0.3) is 0 Å². The normalized spacial score (nSPS) is 15.9. The third-order valence-corrected chi connectivity index (χ3v) is 4.26. The Balaban J connectivity index is 1.82. The molecule has 0 saturated carbocycles. The molecule has 1 aromatic heterocycles. The predicted octanol–water partition coefficient (Wildman–Crippen LogP) is 2.03. The lowest BCUT2D eigenvalue weighted by molar-refractivity contribution is -0.123. The maximum absolute atomic E-state index is 12.8. The van der Waals surface area contributed by atoms with Crippen LogP contribution in [0.4, 0.5) is 14.5 Å². The molecule has 25 heavy (non-hydrogen) atoms. The van der Waals surface area contributed by atoms with Crippen LogP contribution in [0.1, 0.15) is 35.8 Å². The highest BCUT2D eigenvalue weighted by Crippen LogP contribution is 2.23. The van der Waals surface area contributed by atoms with Crippen LogP contribution in [0, 0.1) is 0 Å². The minimum atomic E-state index is -2.54. The number of aromatic nitrogens is 2. The van der Waals surface area contributed by atoms with E-state index in [0.29, 0.717) is 24.2 Å². The van der Waals surface area contributed by atoms with Crippen molar-refractivity contribution in [3.8, 4) is 0 Å². The summed E-state index contributed by atoms with van der Waals surface area (Å²) < 4.78 is 26.9. The van der Waals surface area contributed by atoms with Crippen molar-refractivity contribution in [2.45, 2.75) is 31.9 Å². The molecule has 0 fully saturated rings. The number of carbonyl (C=O) groups excluding carboxylic acids is 1. The molecule has 6 nitrogen and oxygen atoms in total. The molecule has 1 aliphatic heterocycles. The van der Waals surface area contributed by atoms with Gasteiger partial charge in [-0.1, -0.05) is 18.2 Å². The molecule has 8 heteroatoms. The predicted molar refractivity (Wildman–Crippen MR) is 88.6 cm³/mol. The van der Waals surface area contributed by atoms with E-state index in [1.165, 1.54) is 29.9 Å². The average molecular weight is 348 g/mol. The molecule has 0 spiro atoms. The summed E-state index contributed by atoms with van der Waals surface area (Å²) in [5.41, 5.74) is 0.469. The first-order valence-electron chi connectivity index (χ1n) is 7.94. The molecular weight excluding hydrogens is 330 g/mol. The lowest BCUT2D eigenvalue weighted by Crippen LogP contribution is -2.35. The second kappa shape index (κ2) is 7.00. The SMILES string of the molecule is CNC(=O)C1CCc2ncc(NCc3cccc(C(F)F)c3)c(=O)n21. The fraction of sp³-hybridized carbons (Fsp3) is 0.353. The van der Waals surface area contributed by atoms with Crippen molar-refractivity contribution >= 4 is 11.6 Å². The van der Waals surface area contributed by atoms with Gasteiger partial charge >= 0.3 is 0 Å². The van der Waals surface area contributed by atoms with Crippen molar-refractivity contribution in [3.63, 3.8) is 0 Å². The van der Waals surface area contributed by atoms with Crippen LogP contribution in [0.5, 0.6) is 0 Å². The maximum Gasteiger partial charge on any atom is 0.277 e. The molecule has 0 radical (unpaired) electrons. The zero-order valence-corrected chi connectivity index (χ0v) is 13.6. The van der Waals surface area contributed by atoms with Crippen LogP contribution >= 0.6 is 0 Å². The van der Waals surface area contributed by atoms with Gasteiger partial charge in [0.25, 0.3) is 12.0 Å². The number of amides is 1. The van der Waals surface area contributed by atoms with Crippen LogP contribution in [0.3, 0.4) is 0 Å². The van der Waals surface area contributed by atoms with E-state index in [0.717, 1.165) is 0 Å². The number of anilines is 1. The molecule has 2 N–H and O–H groups in total. The molecule has 1 unspecified atom stereocenters. The van der Waals surface area contributed by atoms with E-state index < -0.39 is 12.5 Å². The molecule has 0 bridgehead atoms. The number of carbonyl (C=O) groups is 1. The highest BCUT2D eigenvalue weighted by molar-refractivity contribution is 5.80. The molecule has 1 amide bonds. The van der Waals surface area contributed by atoms with Gasteiger partial charge in [-0.15, -0.1) is 0 Å². The van der Waals surface area contributed by atoms with Crippen LogP contribution < -0.4 is 16.2 Å². The number of alkyl halides is 2. The molecule has 1 atom stereocenters. The number of benzene rings is 1. The van der Waals surface area contributed by atoms with Gasteiger partial charge in [-0.25, -0.2) is 13.8 Å². The van der Waals surface area contributed by atoms with Crippen molar-refractivity contribution in [1.82, 2.24) is 14.9 Å². The van der Waals surface area contributed by atoms with Gasteiger partial charge in [-0.2, -0.15) is 0 Å². The maximum atomic E-state index is 12.8. The summed E-state index contributed by atoms with van der Waals surface area (Å²) in [6, 6.07) is 5.43. The van der Waals surface area contributed by atoms with Crippen molar-refractivity contribution in [2.75, 3.05) is 12.4 Å². The number of fused-ring (bicyclic) bond motifs is 1. The van der Waals surface area contributed by atoms with E-state index in [2.05, 4.69) is 15.6 Å². The summed E-state index contributed by atoms with van der Waals surface area (Å²) in [7, 11) is 1.52. The van der Waals surface area contributed by atoms with Gasteiger partial charge in [-0.05, 0) is 18.1 Å². The average Bonchev–Trinajstić information content (AvgIpc) is 3.05. The molecule has 2 heterocycles. The fourth-order valence-electron chi connectivity index (χ4n) is 2.98. The van der Waals surface area contributed by atoms with Gasteiger partial charge in [0, 0.05) is 25.6 Å². The number of nitrogens with one attached hydrogen (secondary N) is 2. The molecule has 1 aliphatic rings. The second-order valence-corrected chi connectivity index (χ2v) is 5.83. The van der Waals surface area contributed by atoms with E-state index in [9.17, 15) is 18.4 Å². The molecule has 1 aromatic carbocycles. The van der Waals surface area contributed by atoms with E-state index >= 15 is 0 Å². The van der Waals surface area contributed by atoms with Crippen LogP contribution in [0.2, 0.25) is 0 Å². The number of hydrogen-bond donors (Lipinski definition) is 2. The van der Waals surface area contributed by atoms with Crippen molar-refractivity contribution in [1.29, 1.82) is 0 Å². The first-order chi connectivity index (χ1) is 12.0. The topological polar surface area (TPSA) is 76.0 Å². The monoisotopic (exact) mass is 348 g/mol. The molecule has 2 aromatic rings. The van der Waals surface area contributed by atoms with Gasteiger partial charge in [-0.3, -0.25) is 14.2 Å². The Labute approximate surface area is 142 Å². The fourth-order valence-corrected chi connectivity index (χ4v) is 2.98. The van der Waals surface area contributed by atoms with Gasteiger partial charge in [0.05, 0.1) is 6.20 Å². The standard InChI is InChI=1S/C17H18F2N4O2/c1-20-16(24)13-5-6-14-22-9-12(17(25)23(13)14)21-8-10-3-2-4-11(7-10)15(18)19/h2-4,7,9,13,15,21H,5-6,8H2,1H3,(H,20,24). The molecule has 0 aliphatic carbocycles. The summed E-state index contributed by atoms with van der Waals surface area (Å²) in [5.74, 6) is 0.341. The largest absolute Gasteiger partial charge is 0.375 e. The number of likely N-dealkylation sites (N-methyl/N-ethyl adjacent to an activating group) is 1. The van der Waals surface area contributed by atoms with Gasteiger partial charge < -0.3 is 10.6 Å². The number of halogens is 2. The molecule has 132 valence electrons. The third kappa shape index (κ3) is 3.38. The first kappa shape index (κ1) is 17.1. The highest BCUT2D eigenvalue weighted by atomic mass is 19.3. The van der Waals surface area contributed by atoms with E-state index in [4.69, 9.17) is 0 Å². The molecule has 3 rings (SSSR count). The van der Waals surface area contributed by atoms with Crippen molar-refractivity contribution < 1.29 is 13.6 Å². The molecule has 0 saturated heterocycles. The lowest BCUT2D eigenvalue weighted by atomic mass is 10.1. The van der Waals surface area contributed by atoms with Crippen LogP contribution in [-0.2, 0) is 17.8 Å². The van der Waals surface area contributed by atoms with Gasteiger partial charge in [0.2, 0.25) is 5.91 Å². The smallest absolute Gasteiger partial charge is 0.277 e. The van der Waals surface area contributed by atoms with E-state index in [-0.39, 0.29) is 29.3 Å². The minimum absolute atomic E-state index is 0.0669. The summed E-state index contributed by atoms with van der Waals surface area (Å²) >= 11 is 0. The Morgan fingerprint density at radius 1 is 1.44 bits per heavy atom. The number of aryl methyl sites for hydroxylation is 1. The summed E-state index contributed by atoms with van der Waals surface area (Å²) in [6.45, 7) is 0.210. The lowest BCUT2D eigenvalue weighted by Gasteiger charge is -2.14. The molecular formula is C17H18F2N4O2. The number of nitrogens with zero attached hydrogens (tertiary/aromatic N) is 2. The van der Waals surface area contributed by atoms with Crippen LogP contribution in [0.15, 0.2) is 35.3 Å². The minimum Gasteiger partial charge on any atom is -0.375 e. The van der Waals surface area contributed by atoms with E-state index in [1.807, 2.05) is 0 Å². The highest BCUT2D eigenvalue weighted by Gasteiger charge is 2.30. The second-order valence-electron chi connectivity index (χ2n) is 5.83. The number of hydrogen-bond acceptors (Lipinski definition) is 4. The van der Waals surface area contributed by atoms with Gasteiger partial charge in [0.1, 0.15) is 17.6 Å². The zero-order valence-electron chi connectivity index (χ0n) is 13.6. The summed E-state index contributed by atoms with van der Waals surface area (Å²) in [6.07, 6.45) is -0.0241. The Hall–Kier alpha value is -2.77. The quantitative estimate of drug-likeness (QED) is 0.867.